The van der Waals surface area contributed by atoms with Gasteiger partial charge in [0.15, 0.2) is 0 Å². The summed E-state index contributed by atoms with van der Waals surface area (Å²) in [6.45, 7) is 8.76. The van der Waals surface area contributed by atoms with Crippen LogP contribution < -0.4 is 9.65 Å². The SMILES string of the molecule is Cc1c(OS(=O)(=O)F)cc(CS(=O)(=O)Cl)cc1B1OC(C)(C)C(C)(C)O1. The molecule has 12 heteroatoms. The van der Waals surface area contributed by atoms with Crippen LogP contribution in [0.3, 0.4) is 0 Å². The first-order chi connectivity index (χ1) is 11.5. The smallest absolute Gasteiger partial charge is 0.399 e. The minimum Gasteiger partial charge on any atom is -0.399 e. The monoisotopic (exact) mass is 428 g/mol. The predicted molar refractivity (Wildman–Crippen MR) is 96.0 cm³/mol. The van der Waals surface area contributed by atoms with Crippen LogP contribution in [0.2, 0.25) is 0 Å². The van der Waals surface area contributed by atoms with Crippen molar-refractivity contribution in [3.63, 3.8) is 0 Å². The molecule has 1 saturated heterocycles. The summed E-state index contributed by atoms with van der Waals surface area (Å²) in [5.41, 5.74) is -0.716. The second kappa shape index (κ2) is 6.63. The summed E-state index contributed by atoms with van der Waals surface area (Å²) in [5, 5.41) is 0. The Balaban J connectivity index is 2.57. The van der Waals surface area contributed by atoms with Gasteiger partial charge in [0, 0.05) is 10.7 Å². The fraction of sp³-hybridized carbons (Fsp3) is 0.571. The molecule has 1 heterocycles. The number of halogens is 2. The molecule has 1 aliphatic heterocycles. The van der Waals surface area contributed by atoms with Gasteiger partial charge in [0.2, 0.25) is 9.05 Å². The van der Waals surface area contributed by atoms with Crippen molar-refractivity contribution < 1.29 is 34.2 Å². The quantitative estimate of drug-likeness (QED) is 0.522. The molecule has 0 unspecified atom stereocenters. The molecule has 1 aliphatic rings. The average molecular weight is 429 g/mol. The summed E-state index contributed by atoms with van der Waals surface area (Å²) in [5.74, 6) is -0.973. The molecule has 1 aromatic rings. The maximum absolute atomic E-state index is 13.0. The van der Waals surface area contributed by atoms with Crippen LogP contribution in [0.4, 0.5) is 3.89 Å². The van der Waals surface area contributed by atoms with E-state index in [0.717, 1.165) is 6.07 Å². The van der Waals surface area contributed by atoms with Crippen molar-refractivity contribution in [2.24, 2.45) is 0 Å². The van der Waals surface area contributed by atoms with Crippen LogP contribution in [0.1, 0.15) is 38.8 Å². The number of rotatable bonds is 5. The molecule has 0 spiro atoms. The summed E-state index contributed by atoms with van der Waals surface area (Å²) in [4.78, 5) is 0. The Bertz CT molecular complexity index is 913. The molecule has 0 aliphatic carbocycles. The van der Waals surface area contributed by atoms with Crippen LogP contribution in [-0.4, -0.2) is 35.2 Å². The van der Waals surface area contributed by atoms with Gasteiger partial charge in [-0.2, -0.15) is 8.42 Å². The van der Waals surface area contributed by atoms with Gasteiger partial charge in [0.1, 0.15) is 5.75 Å². The van der Waals surface area contributed by atoms with Crippen molar-refractivity contribution in [1.29, 1.82) is 0 Å². The topological polar surface area (TPSA) is 96.0 Å². The van der Waals surface area contributed by atoms with Crippen molar-refractivity contribution in [3.8, 4) is 5.75 Å². The zero-order chi connectivity index (χ0) is 20.1. The van der Waals surface area contributed by atoms with E-state index in [-0.39, 0.29) is 16.9 Å². The molecule has 1 fully saturated rings. The normalized spacial score (nSPS) is 19.6. The number of benzene rings is 1. The summed E-state index contributed by atoms with van der Waals surface area (Å²) >= 11 is 0. The molecule has 0 aromatic heterocycles. The lowest BCUT2D eigenvalue weighted by molar-refractivity contribution is 0.00578. The molecular formula is C14H19BClFO7S2. The first-order valence-corrected chi connectivity index (χ1v) is 11.3. The van der Waals surface area contributed by atoms with Crippen molar-refractivity contribution in [2.45, 2.75) is 51.6 Å². The highest BCUT2D eigenvalue weighted by Gasteiger charge is 2.52. The van der Waals surface area contributed by atoms with Crippen molar-refractivity contribution in [3.05, 3.63) is 23.3 Å². The maximum Gasteiger partial charge on any atom is 0.495 e. The average Bonchev–Trinajstić information content (AvgIpc) is 2.58. The van der Waals surface area contributed by atoms with Crippen LogP contribution in [0, 0.1) is 6.92 Å². The van der Waals surface area contributed by atoms with Gasteiger partial charge in [0.25, 0.3) is 0 Å². The van der Waals surface area contributed by atoms with E-state index < -0.39 is 43.6 Å². The first kappa shape index (κ1) is 21.4. The van der Waals surface area contributed by atoms with Crippen LogP contribution in [-0.2, 0) is 34.6 Å². The van der Waals surface area contributed by atoms with Gasteiger partial charge in [-0.3, -0.25) is 0 Å². The van der Waals surface area contributed by atoms with Gasteiger partial charge in [-0.05, 0) is 57.3 Å². The van der Waals surface area contributed by atoms with Gasteiger partial charge in [-0.15, -0.1) is 0 Å². The van der Waals surface area contributed by atoms with E-state index in [1.165, 1.54) is 13.0 Å². The molecule has 0 N–H and O–H groups in total. The molecule has 0 radical (unpaired) electrons. The first-order valence-electron chi connectivity index (χ1n) is 7.56. The summed E-state index contributed by atoms with van der Waals surface area (Å²) in [7, 11) is -4.91. The summed E-state index contributed by atoms with van der Waals surface area (Å²) in [6.07, 6.45) is 0. The Morgan fingerprint density at radius 1 is 1.12 bits per heavy atom. The number of hydrogen-bond donors (Lipinski definition) is 0. The number of hydrogen-bond acceptors (Lipinski definition) is 7. The molecule has 146 valence electrons. The molecule has 0 bridgehead atoms. The van der Waals surface area contributed by atoms with E-state index in [1.54, 1.807) is 0 Å². The van der Waals surface area contributed by atoms with Crippen molar-refractivity contribution in [2.75, 3.05) is 0 Å². The van der Waals surface area contributed by atoms with E-state index in [1.807, 2.05) is 27.7 Å². The molecule has 0 atom stereocenters. The van der Waals surface area contributed by atoms with Gasteiger partial charge in [-0.1, -0.05) is 9.95 Å². The van der Waals surface area contributed by atoms with Crippen LogP contribution >= 0.6 is 10.7 Å². The lowest BCUT2D eigenvalue weighted by atomic mass is 9.75. The summed E-state index contributed by atoms with van der Waals surface area (Å²) in [6, 6.07) is 2.55. The molecule has 7 nitrogen and oxygen atoms in total. The van der Waals surface area contributed by atoms with E-state index in [2.05, 4.69) is 4.18 Å². The lowest BCUT2D eigenvalue weighted by Crippen LogP contribution is -2.41. The minimum absolute atomic E-state index is 0.106. The Labute approximate surface area is 157 Å². The predicted octanol–water partition coefficient (Wildman–Crippen LogP) is 1.96. The Morgan fingerprint density at radius 3 is 2.04 bits per heavy atom. The van der Waals surface area contributed by atoms with Crippen molar-refractivity contribution in [1.82, 2.24) is 0 Å². The standard InChI is InChI=1S/C14H19BClFO7S2/c1-9-11(15-23-13(2,3)14(4,5)24-15)6-10(8-25(16,18)19)7-12(9)22-26(17,20)21/h6-7H,8H2,1-5H3. The van der Waals surface area contributed by atoms with Gasteiger partial charge < -0.3 is 13.5 Å². The fourth-order valence-electron chi connectivity index (χ4n) is 2.46. The fourth-order valence-corrected chi connectivity index (χ4v) is 3.79. The van der Waals surface area contributed by atoms with E-state index in [4.69, 9.17) is 20.0 Å². The third-order valence-corrected chi connectivity index (χ3v) is 5.88. The van der Waals surface area contributed by atoms with Crippen LogP contribution in [0.25, 0.3) is 0 Å². The molecule has 2 rings (SSSR count). The van der Waals surface area contributed by atoms with Gasteiger partial charge in [-0.25, -0.2) is 8.42 Å². The van der Waals surface area contributed by atoms with Gasteiger partial charge in [0.05, 0.1) is 17.0 Å². The molecule has 0 amide bonds. The zero-order valence-electron chi connectivity index (χ0n) is 14.9. The second-order valence-electron chi connectivity index (χ2n) is 7.06. The highest BCUT2D eigenvalue weighted by atomic mass is 35.7. The largest absolute Gasteiger partial charge is 0.495 e. The van der Waals surface area contributed by atoms with Gasteiger partial charge >= 0.3 is 17.6 Å². The van der Waals surface area contributed by atoms with Crippen LogP contribution in [0.5, 0.6) is 5.75 Å². The third kappa shape index (κ3) is 4.89. The Morgan fingerprint density at radius 2 is 1.62 bits per heavy atom. The second-order valence-corrected chi connectivity index (χ2v) is 10.8. The van der Waals surface area contributed by atoms with Crippen molar-refractivity contribution >= 4 is 42.8 Å². The molecular weight excluding hydrogens is 410 g/mol. The third-order valence-electron chi connectivity index (χ3n) is 4.50. The highest BCUT2D eigenvalue weighted by molar-refractivity contribution is 8.13. The Hall–Kier alpha value is -0.875. The minimum atomic E-state index is -5.31. The zero-order valence-corrected chi connectivity index (χ0v) is 17.3. The van der Waals surface area contributed by atoms with E-state index in [9.17, 15) is 20.7 Å². The van der Waals surface area contributed by atoms with E-state index in [0.29, 0.717) is 5.46 Å². The lowest BCUT2D eigenvalue weighted by Gasteiger charge is -2.32. The Kier molecular flexibility index (Phi) is 5.46. The molecule has 1 aromatic carbocycles. The maximum atomic E-state index is 13.0. The molecule has 0 saturated carbocycles. The highest BCUT2D eigenvalue weighted by Crippen LogP contribution is 2.37. The summed E-state index contributed by atoms with van der Waals surface area (Å²) < 4.78 is 73.7. The van der Waals surface area contributed by atoms with Crippen LogP contribution in [0.15, 0.2) is 12.1 Å². The molecule has 26 heavy (non-hydrogen) atoms. The van der Waals surface area contributed by atoms with E-state index >= 15 is 0 Å².